The Balaban J connectivity index is 1.53. The number of nitrogens with zero attached hydrogens (tertiary/aromatic N) is 1. The number of hydrogen-bond donors (Lipinski definition) is 3. The van der Waals surface area contributed by atoms with Crippen molar-refractivity contribution in [2.75, 3.05) is 27.0 Å². The van der Waals surface area contributed by atoms with Gasteiger partial charge in [-0.05, 0) is 51.1 Å². The molecule has 36 heavy (non-hydrogen) atoms. The number of aliphatic hydroxyl groups excluding tert-OH is 2. The average molecular weight is 525 g/mol. The lowest BCUT2D eigenvalue weighted by atomic mass is 9.92. The summed E-state index contributed by atoms with van der Waals surface area (Å²) in [4.78, 5) is 15.4. The number of nitrogens with one attached hydrogen (secondary N) is 1. The van der Waals surface area contributed by atoms with Crippen LogP contribution in [0.4, 0.5) is 0 Å². The van der Waals surface area contributed by atoms with Crippen molar-refractivity contribution in [1.82, 2.24) is 10.2 Å². The first-order valence-corrected chi connectivity index (χ1v) is 14.1. The Morgan fingerprint density at radius 2 is 1.94 bits per heavy atom. The number of aliphatic hydroxyl groups is 2. The molecular weight excluding hydrogens is 484 g/mol. The summed E-state index contributed by atoms with van der Waals surface area (Å²) < 4.78 is 24.0. The lowest BCUT2D eigenvalue weighted by Crippen LogP contribution is -2.65. The summed E-state index contributed by atoms with van der Waals surface area (Å²) in [5.74, 6) is 1.08. The number of hydrogen-bond acceptors (Lipinski definition) is 9. The highest BCUT2D eigenvalue weighted by Crippen LogP contribution is 2.42. The van der Waals surface area contributed by atoms with Crippen molar-refractivity contribution in [2.24, 2.45) is 5.92 Å². The quantitative estimate of drug-likeness (QED) is 0.446. The lowest BCUT2D eigenvalue weighted by Gasteiger charge is -2.43. The molecule has 10 heteroatoms. The van der Waals surface area contributed by atoms with Crippen LogP contribution in [0.15, 0.2) is 24.3 Å². The monoisotopic (exact) mass is 524 g/mol. The van der Waals surface area contributed by atoms with Gasteiger partial charge in [0, 0.05) is 12.1 Å². The van der Waals surface area contributed by atoms with Crippen LogP contribution < -0.4 is 10.1 Å². The van der Waals surface area contributed by atoms with Crippen molar-refractivity contribution in [2.45, 2.75) is 87.4 Å². The minimum absolute atomic E-state index is 0.125. The molecule has 0 aromatic heterocycles. The van der Waals surface area contributed by atoms with Crippen LogP contribution in [-0.2, 0) is 19.0 Å². The van der Waals surface area contributed by atoms with Gasteiger partial charge < -0.3 is 34.5 Å². The molecule has 202 valence electrons. The topological polar surface area (TPSA) is 110 Å². The first kappa shape index (κ1) is 27.6. The molecule has 3 heterocycles. The summed E-state index contributed by atoms with van der Waals surface area (Å²) in [5, 5.41) is 24.8. The van der Waals surface area contributed by atoms with Gasteiger partial charge >= 0.3 is 0 Å². The van der Waals surface area contributed by atoms with Crippen LogP contribution in [0, 0.1) is 5.92 Å². The highest BCUT2D eigenvalue weighted by molar-refractivity contribution is 7.99. The van der Waals surface area contributed by atoms with Gasteiger partial charge in [-0.25, -0.2) is 0 Å². The van der Waals surface area contributed by atoms with Crippen molar-refractivity contribution in [3.05, 3.63) is 29.8 Å². The number of methoxy groups -OCH3 is 1. The second kappa shape index (κ2) is 12.0. The van der Waals surface area contributed by atoms with Gasteiger partial charge in [-0.1, -0.05) is 25.5 Å². The zero-order chi connectivity index (χ0) is 26.0. The molecule has 8 unspecified atom stereocenters. The van der Waals surface area contributed by atoms with Gasteiger partial charge in [-0.2, -0.15) is 0 Å². The van der Waals surface area contributed by atoms with E-state index < -0.39 is 48.3 Å². The van der Waals surface area contributed by atoms with E-state index in [0.717, 1.165) is 31.4 Å². The maximum Gasteiger partial charge on any atom is 0.237 e. The van der Waals surface area contributed by atoms with E-state index in [1.54, 1.807) is 14.0 Å². The normalized spacial score (nSPS) is 36.3. The van der Waals surface area contributed by atoms with E-state index in [9.17, 15) is 15.0 Å². The molecule has 3 fully saturated rings. The fraction of sp³-hybridized carbons (Fsp3) is 0.731. The average Bonchev–Trinajstić information content (AvgIpc) is 3.47. The largest absolute Gasteiger partial charge is 0.497 e. The number of carbonyl (C=O) groups excluding carboxylic acids is 1. The first-order chi connectivity index (χ1) is 17.3. The van der Waals surface area contributed by atoms with Crippen molar-refractivity contribution < 1.29 is 34.0 Å². The molecule has 4 rings (SSSR count). The Hall–Kier alpha value is -1.40. The fourth-order valence-corrected chi connectivity index (χ4v) is 6.32. The highest BCUT2D eigenvalue weighted by atomic mass is 32.2. The van der Waals surface area contributed by atoms with Crippen LogP contribution in [-0.4, -0.2) is 96.0 Å². The summed E-state index contributed by atoms with van der Waals surface area (Å²) in [6.45, 7) is 4.68. The molecule has 9 nitrogen and oxygen atoms in total. The van der Waals surface area contributed by atoms with E-state index in [4.69, 9.17) is 18.9 Å². The van der Waals surface area contributed by atoms with E-state index in [0.29, 0.717) is 11.7 Å². The highest BCUT2D eigenvalue weighted by Gasteiger charge is 2.55. The zero-order valence-electron chi connectivity index (χ0n) is 21.7. The molecule has 0 spiro atoms. The van der Waals surface area contributed by atoms with Crippen LogP contribution >= 0.6 is 11.8 Å². The van der Waals surface area contributed by atoms with Crippen LogP contribution in [0.3, 0.4) is 0 Å². The van der Waals surface area contributed by atoms with Gasteiger partial charge in [0.05, 0.1) is 25.3 Å². The van der Waals surface area contributed by atoms with Crippen LogP contribution in [0.2, 0.25) is 0 Å². The number of amides is 1. The van der Waals surface area contributed by atoms with Gasteiger partial charge in [0.25, 0.3) is 0 Å². The second-order valence-corrected chi connectivity index (χ2v) is 11.1. The standard InChI is InChI=1S/C26H40N2O7S/c1-6-7-15-12-18(28(3)13-15)24(31)27-19(14(2)29)21-23-22(20(30)26(35-21)36-5)33-25(34-23)16-8-10-17(32-4)11-9-16/h8-11,14-15,18-23,25-26,29-30H,6-7,12-13H2,1-5H3,(H,27,31)/t14?,15-,18+,19?,20?,21?,22?,23?,25?,26?/m1/s1. The van der Waals surface area contributed by atoms with Gasteiger partial charge in [-0.3, -0.25) is 9.69 Å². The zero-order valence-corrected chi connectivity index (χ0v) is 22.5. The first-order valence-electron chi connectivity index (χ1n) is 12.8. The molecule has 3 aliphatic rings. The number of carbonyl (C=O) groups is 1. The fourth-order valence-electron chi connectivity index (χ4n) is 5.65. The summed E-state index contributed by atoms with van der Waals surface area (Å²) >= 11 is 1.36. The number of thioether (sulfide) groups is 1. The lowest BCUT2D eigenvalue weighted by molar-refractivity contribution is -0.176. The SMILES string of the molecule is CCC[C@@H]1C[C@@H](C(=O)NC(C(C)O)C2OC(SC)C(O)C3OC(c4ccc(OC)cc4)OC32)N(C)C1. The maximum atomic E-state index is 13.4. The van der Waals surface area contributed by atoms with E-state index in [-0.39, 0.29) is 11.9 Å². The van der Waals surface area contributed by atoms with E-state index in [1.807, 2.05) is 37.6 Å². The van der Waals surface area contributed by atoms with Gasteiger partial charge in [0.2, 0.25) is 5.91 Å². The molecule has 10 atom stereocenters. The molecule has 0 saturated carbocycles. The minimum Gasteiger partial charge on any atom is -0.497 e. The third-order valence-electron chi connectivity index (χ3n) is 7.55. The van der Waals surface area contributed by atoms with Crippen molar-refractivity contribution in [1.29, 1.82) is 0 Å². The van der Waals surface area contributed by atoms with Crippen molar-refractivity contribution in [3.8, 4) is 5.75 Å². The predicted molar refractivity (Wildman–Crippen MR) is 137 cm³/mol. The number of ether oxygens (including phenoxy) is 4. The molecule has 3 aliphatic heterocycles. The third-order valence-corrected chi connectivity index (χ3v) is 8.41. The van der Waals surface area contributed by atoms with E-state index in [2.05, 4.69) is 17.1 Å². The predicted octanol–water partition coefficient (Wildman–Crippen LogP) is 1.91. The Labute approximate surface area is 217 Å². The number of rotatable bonds is 9. The summed E-state index contributed by atoms with van der Waals surface area (Å²) in [7, 11) is 3.57. The van der Waals surface area contributed by atoms with Crippen molar-refractivity contribution in [3.63, 3.8) is 0 Å². The van der Waals surface area contributed by atoms with E-state index >= 15 is 0 Å². The molecule has 3 saturated heterocycles. The third kappa shape index (κ3) is 5.70. The maximum absolute atomic E-state index is 13.4. The van der Waals surface area contributed by atoms with Crippen LogP contribution in [0.1, 0.15) is 45.0 Å². The molecule has 0 aliphatic carbocycles. The Bertz CT molecular complexity index is 872. The molecule has 1 aromatic rings. The van der Waals surface area contributed by atoms with Gasteiger partial charge in [-0.15, -0.1) is 11.8 Å². The Kier molecular flexibility index (Phi) is 9.19. The van der Waals surface area contributed by atoms with Crippen LogP contribution in [0.25, 0.3) is 0 Å². The molecule has 0 bridgehead atoms. The summed E-state index contributed by atoms with van der Waals surface area (Å²) in [6, 6.07) is 6.36. The van der Waals surface area contributed by atoms with Crippen LogP contribution in [0.5, 0.6) is 5.75 Å². The van der Waals surface area contributed by atoms with Gasteiger partial charge in [0.15, 0.2) is 6.29 Å². The molecule has 1 aromatic carbocycles. The Morgan fingerprint density at radius 3 is 2.56 bits per heavy atom. The minimum atomic E-state index is -0.925. The molecule has 0 radical (unpaired) electrons. The summed E-state index contributed by atoms with van der Waals surface area (Å²) in [5.41, 5.74) is 0.194. The van der Waals surface area contributed by atoms with Gasteiger partial charge in [0.1, 0.15) is 35.6 Å². The number of fused-ring (bicyclic) bond motifs is 1. The number of likely N-dealkylation sites (N-methyl/N-ethyl adjacent to an activating group) is 1. The van der Waals surface area contributed by atoms with Crippen molar-refractivity contribution >= 4 is 17.7 Å². The molecular formula is C26H40N2O7S. The smallest absolute Gasteiger partial charge is 0.237 e. The molecule has 3 N–H and O–H groups in total. The van der Waals surface area contributed by atoms with E-state index in [1.165, 1.54) is 11.8 Å². The second-order valence-electron chi connectivity index (χ2n) is 10.1. The number of likely N-dealkylation sites (tertiary alicyclic amines) is 1. The Morgan fingerprint density at radius 1 is 1.25 bits per heavy atom. The summed E-state index contributed by atoms with van der Waals surface area (Å²) in [6.07, 6.45) is 0.228. The molecule has 1 amide bonds. The number of benzene rings is 1.